The van der Waals surface area contributed by atoms with Gasteiger partial charge in [0.2, 0.25) is 0 Å². The van der Waals surface area contributed by atoms with E-state index in [0.29, 0.717) is 0 Å². The van der Waals surface area contributed by atoms with Gasteiger partial charge in [0.1, 0.15) is 0 Å². The van der Waals surface area contributed by atoms with E-state index in [0.717, 1.165) is 43.7 Å². The molecular weight excluding hydrogens is 389 g/mol. The lowest BCUT2D eigenvalue weighted by atomic mass is 10.2. The maximum Gasteiger partial charge on any atom is 0.191 e. The number of nitrogens with zero attached hydrogens (tertiary/aromatic N) is 1. The first-order chi connectivity index (χ1) is 9.26. The Morgan fingerprint density at radius 1 is 1.25 bits per heavy atom. The van der Waals surface area contributed by atoms with Crippen LogP contribution in [0.2, 0.25) is 5.02 Å². The molecular formula is C14H23ClIN3O. The van der Waals surface area contributed by atoms with E-state index in [1.54, 1.807) is 7.05 Å². The summed E-state index contributed by atoms with van der Waals surface area (Å²) in [7, 11) is 1.76. The van der Waals surface area contributed by atoms with Gasteiger partial charge < -0.3 is 15.4 Å². The van der Waals surface area contributed by atoms with E-state index in [2.05, 4.69) is 15.6 Å². The highest BCUT2D eigenvalue weighted by molar-refractivity contribution is 14.0. The molecule has 0 aliphatic carbocycles. The van der Waals surface area contributed by atoms with Gasteiger partial charge in [0.25, 0.3) is 0 Å². The Bertz CT molecular complexity index is 385. The van der Waals surface area contributed by atoms with Crippen molar-refractivity contribution in [1.82, 2.24) is 10.6 Å². The van der Waals surface area contributed by atoms with Gasteiger partial charge in [0.05, 0.1) is 0 Å². The fourth-order valence-corrected chi connectivity index (χ4v) is 1.66. The van der Waals surface area contributed by atoms with Crippen LogP contribution < -0.4 is 10.6 Å². The molecule has 20 heavy (non-hydrogen) atoms. The number of ether oxygens (including phenoxy) is 1. The minimum absolute atomic E-state index is 0. The Labute approximate surface area is 143 Å². The van der Waals surface area contributed by atoms with E-state index < -0.39 is 0 Å². The summed E-state index contributed by atoms with van der Waals surface area (Å²) in [4.78, 5) is 4.17. The molecule has 1 rings (SSSR count). The number of aliphatic imine (C=N–C) groups is 1. The third-order valence-electron chi connectivity index (χ3n) is 2.56. The van der Waals surface area contributed by atoms with Crippen LogP contribution in [0, 0.1) is 0 Å². The highest BCUT2D eigenvalue weighted by Gasteiger charge is 1.98. The highest BCUT2D eigenvalue weighted by atomic mass is 127. The van der Waals surface area contributed by atoms with Gasteiger partial charge >= 0.3 is 0 Å². The molecule has 0 saturated carbocycles. The summed E-state index contributed by atoms with van der Waals surface area (Å²) >= 11 is 5.84. The summed E-state index contributed by atoms with van der Waals surface area (Å²) in [6.07, 6.45) is 0.968. The lowest BCUT2D eigenvalue weighted by Gasteiger charge is -2.12. The quantitative estimate of drug-likeness (QED) is 0.314. The van der Waals surface area contributed by atoms with Gasteiger partial charge in [-0.1, -0.05) is 23.7 Å². The molecule has 0 aliphatic heterocycles. The van der Waals surface area contributed by atoms with Crippen molar-refractivity contribution in [2.45, 2.75) is 19.9 Å². The Balaban J connectivity index is 0.00000361. The first-order valence-electron chi connectivity index (χ1n) is 6.53. The predicted octanol–water partition coefficient (Wildman–Crippen LogP) is 3.05. The normalized spacial score (nSPS) is 10.8. The molecule has 1 aromatic rings. The van der Waals surface area contributed by atoms with E-state index in [-0.39, 0.29) is 24.0 Å². The smallest absolute Gasteiger partial charge is 0.191 e. The van der Waals surface area contributed by atoms with E-state index >= 15 is 0 Å². The lowest BCUT2D eigenvalue weighted by molar-refractivity contribution is 0.145. The lowest BCUT2D eigenvalue weighted by Crippen LogP contribution is -2.37. The first-order valence-corrected chi connectivity index (χ1v) is 6.90. The molecule has 0 atom stereocenters. The second-order valence-corrected chi connectivity index (χ2v) is 4.47. The number of guanidine groups is 1. The van der Waals surface area contributed by atoms with Crippen LogP contribution in [0.15, 0.2) is 29.3 Å². The molecule has 2 N–H and O–H groups in total. The first kappa shape index (κ1) is 19.5. The van der Waals surface area contributed by atoms with Crippen LogP contribution in [-0.2, 0) is 11.3 Å². The molecule has 0 unspecified atom stereocenters. The summed E-state index contributed by atoms with van der Waals surface area (Å²) < 4.78 is 5.28. The standard InChI is InChI=1S/C14H22ClN3O.HI/c1-3-19-10-4-9-17-14(16-2)18-11-12-5-7-13(15)8-6-12;/h5-8H,3-4,9-11H2,1-2H3,(H2,16,17,18);1H. The average molecular weight is 412 g/mol. The molecule has 6 heteroatoms. The van der Waals surface area contributed by atoms with Crippen LogP contribution >= 0.6 is 35.6 Å². The van der Waals surface area contributed by atoms with Gasteiger partial charge in [-0.2, -0.15) is 0 Å². The molecule has 0 amide bonds. The zero-order chi connectivity index (χ0) is 13.9. The van der Waals surface area contributed by atoms with Gasteiger partial charge in [0.15, 0.2) is 5.96 Å². The number of benzene rings is 1. The van der Waals surface area contributed by atoms with Gasteiger partial charge in [-0.25, -0.2) is 0 Å². The van der Waals surface area contributed by atoms with Crippen LogP contribution in [-0.4, -0.2) is 32.8 Å². The molecule has 0 fully saturated rings. The van der Waals surface area contributed by atoms with Crippen molar-refractivity contribution in [2.75, 3.05) is 26.8 Å². The second-order valence-electron chi connectivity index (χ2n) is 4.03. The van der Waals surface area contributed by atoms with Crippen molar-refractivity contribution >= 4 is 41.5 Å². The number of halogens is 2. The van der Waals surface area contributed by atoms with Crippen LogP contribution in [0.4, 0.5) is 0 Å². The van der Waals surface area contributed by atoms with Crippen molar-refractivity contribution in [3.05, 3.63) is 34.9 Å². The largest absolute Gasteiger partial charge is 0.382 e. The van der Waals surface area contributed by atoms with Crippen molar-refractivity contribution in [3.63, 3.8) is 0 Å². The van der Waals surface area contributed by atoms with Crippen molar-refractivity contribution in [1.29, 1.82) is 0 Å². The number of hydrogen-bond donors (Lipinski definition) is 2. The monoisotopic (exact) mass is 411 g/mol. The topological polar surface area (TPSA) is 45.6 Å². The molecule has 4 nitrogen and oxygen atoms in total. The summed E-state index contributed by atoms with van der Waals surface area (Å²) in [6, 6.07) is 7.77. The molecule has 0 aromatic heterocycles. The zero-order valence-electron chi connectivity index (χ0n) is 12.0. The molecule has 0 saturated heterocycles. The van der Waals surface area contributed by atoms with Gasteiger partial charge in [-0.05, 0) is 31.0 Å². The van der Waals surface area contributed by atoms with Crippen LogP contribution in [0.5, 0.6) is 0 Å². The average Bonchev–Trinajstić information content (AvgIpc) is 2.44. The maximum absolute atomic E-state index is 5.84. The summed E-state index contributed by atoms with van der Waals surface area (Å²) in [5.41, 5.74) is 1.17. The van der Waals surface area contributed by atoms with Crippen LogP contribution in [0.25, 0.3) is 0 Å². The van der Waals surface area contributed by atoms with E-state index in [1.165, 1.54) is 5.56 Å². The van der Waals surface area contributed by atoms with Crippen molar-refractivity contribution < 1.29 is 4.74 Å². The molecule has 1 aromatic carbocycles. The fourth-order valence-electron chi connectivity index (χ4n) is 1.53. The summed E-state index contributed by atoms with van der Waals surface area (Å²) in [6.45, 7) is 5.11. The van der Waals surface area contributed by atoms with Gasteiger partial charge in [0, 0.05) is 38.4 Å². The van der Waals surface area contributed by atoms with Crippen LogP contribution in [0.1, 0.15) is 18.9 Å². The Morgan fingerprint density at radius 2 is 1.95 bits per heavy atom. The van der Waals surface area contributed by atoms with Gasteiger partial charge in [-0.3, -0.25) is 4.99 Å². The van der Waals surface area contributed by atoms with Crippen molar-refractivity contribution in [2.24, 2.45) is 4.99 Å². The minimum atomic E-state index is 0. The predicted molar refractivity (Wildman–Crippen MR) is 96.2 cm³/mol. The summed E-state index contributed by atoms with van der Waals surface area (Å²) in [5, 5.41) is 7.25. The third-order valence-corrected chi connectivity index (χ3v) is 2.81. The third kappa shape index (κ3) is 8.60. The molecule has 0 heterocycles. The Kier molecular flexibility index (Phi) is 11.9. The number of nitrogens with one attached hydrogen (secondary N) is 2. The SMILES string of the molecule is CCOCCCNC(=NC)NCc1ccc(Cl)cc1.I. The fraction of sp³-hybridized carbons (Fsp3) is 0.500. The van der Waals surface area contributed by atoms with E-state index in [9.17, 15) is 0 Å². The molecule has 0 spiro atoms. The highest BCUT2D eigenvalue weighted by Crippen LogP contribution is 2.08. The molecule has 0 bridgehead atoms. The maximum atomic E-state index is 5.84. The zero-order valence-corrected chi connectivity index (χ0v) is 15.1. The summed E-state index contributed by atoms with van der Waals surface area (Å²) in [5.74, 6) is 0.798. The van der Waals surface area contributed by atoms with Crippen LogP contribution in [0.3, 0.4) is 0 Å². The number of hydrogen-bond acceptors (Lipinski definition) is 2. The van der Waals surface area contributed by atoms with Crippen molar-refractivity contribution in [3.8, 4) is 0 Å². The minimum Gasteiger partial charge on any atom is -0.382 e. The Hall–Kier alpha value is -0.530. The van der Waals surface area contributed by atoms with E-state index in [4.69, 9.17) is 16.3 Å². The van der Waals surface area contributed by atoms with Gasteiger partial charge in [-0.15, -0.1) is 24.0 Å². The molecule has 0 radical (unpaired) electrons. The molecule has 114 valence electrons. The second kappa shape index (κ2) is 12.2. The number of rotatable bonds is 7. The van der Waals surface area contributed by atoms with E-state index in [1.807, 2.05) is 31.2 Å². The molecule has 0 aliphatic rings. The Morgan fingerprint density at radius 3 is 2.55 bits per heavy atom.